The van der Waals surface area contributed by atoms with Gasteiger partial charge in [-0.15, -0.1) is 0 Å². The number of hydrogen-bond acceptors (Lipinski definition) is 5. The maximum absolute atomic E-state index is 12.9. The van der Waals surface area contributed by atoms with Crippen molar-refractivity contribution in [3.05, 3.63) is 34.4 Å². The molecule has 0 unspecified atom stereocenters. The minimum Gasteiger partial charge on any atom is -0.340 e. The van der Waals surface area contributed by atoms with E-state index in [1.807, 2.05) is 4.90 Å². The van der Waals surface area contributed by atoms with Crippen molar-refractivity contribution in [2.75, 3.05) is 19.6 Å². The van der Waals surface area contributed by atoms with Crippen molar-refractivity contribution in [1.29, 1.82) is 0 Å². The number of carbonyl (C=O) groups excluding carboxylic acids is 1. The summed E-state index contributed by atoms with van der Waals surface area (Å²) in [6.07, 6.45) is 4.05. The second-order valence-electron chi connectivity index (χ2n) is 7.28. The van der Waals surface area contributed by atoms with E-state index in [2.05, 4.69) is 6.92 Å². The zero-order chi connectivity index (χ0) is 19.6. The standard InChI is InChI=1S/C18H25N3O5S/c1-14-6-4-5-11-20(14)18(22)15-9-12-19(13-10-15)27(25,26)17-8-3-2-7-16(17)21(23)24/h2-3,7-8,14-15H,4-6,9-13H2,1H3/t14-/m0/s1. The average Bonchev–Trinajstić information content (AvgIpc) is 2.68. The maximum Gasteiger partial charge on any atom is 0.289 e. The highest BCUT2D eigenvalue weighted by molar-refractivity contribution is 7.89. The Kier molecular flexibility index (Phi) is 5.81. The molecule has 0 spiro atoms. The summed E-state index contributed by atoms with van der Waals surface area (Å²) in [5.41, 5.74) is -0.419. The van der Waals surface area contributed by atoms with Crippen LogP contribution < -0.4 is 0 Å². The molecule has 1 atom stereocenters. The van der Waals surface area contributed by atoms with Crippen LogP contribution in [-0.2, 0) is 14.8 Å². The summed E-state index contributed by atoms with van der Waals surface area (Å²) >= 11 is 0. The lowest BCUT2D eigenvalue weighted by Crippen LogP contribution is -2.48. The number of nitrogens with zero attached hydrogens (tertiary/aromatic N) is 3. The fourth-order valence-corrected chi connectivity index (χ4v) is 5.60. The van der Waals surface area contributed by atoms with Crippen LogP contribution in [0.25, 0.3) is 0 Å². The van der Waals surface area contributed by atoms with E-state index in [-0.39, 0.29) is 35.9 Å². The van der Waals surface area contributed by atoms with Gasteiger partial charge in [0.2, 0.25) is 15.9 Å². The predicted molar refractivity (Wildman–Crippen MR) is 99.6 cm³/mol. The highest BCUT2D eigenvalue weighted by Crippen LogP contribution is 2.30. The molecule has 0 N–H and O–H groups in total. The third-order valence-corrected chi connectivity index (χ3v) is 7.52. The van der Waals surface area contributed by atoms with Crippen LogP contribution in [0.1, 0.15) is 39.0 Å². The van der Waals surface area contributed by atoms with Gasteiger partial charge in [-0.2, -0.15) is 4.31 Å². The lowest BCUT2D eigenvalue weighted by Gasteiger charge is -2.38. The number of sulfonamides is 1. The molecule has 8 nitrogen and oxygen atoms in total. The van der Waals surface area contributed by atoms with Gasteiger partial charge in [0.25, 0.3) is 5.69 Å². The van der Waals surface area contributed by atoms with Crippen LogP contribution in [0.5, 0.6) is 0 Å². The fourth-order valence-electron chi connectivity index (χ4n) is 3.97. The molecule has 2 saturated heterocycles. The van der Waals surface area contributed by atoms with Gasteiger partial charge in [0.1, 0.15) is 0 Å². The van der Waals surface area contributed by atoms with Gasteiger partial charge in [-0.25, -0.2) is 8.42 Å². The Balaban J connectivity index is 1.70. The number of likely N-dealkylation sites (tertiary alicyclic amines) is 1. The second-order valence-corrected chi connectivity index (χ2v) is 9.19. The Morgan fingerprint density at radius 2 is 1.78 bits per heavy atom. The Labute approximate surface area is 159 Å². The van der Waals surface area contributed by atoms with Crippen molar-refractivity contribution in [3.8, 4) is 0 Å². The van der Waals surface area contributed by atoms with Crippen LogP contribution in [-0.4, -0.2) is 54.1 Å². The molecule has 2 heterocycles. The number of nitro groups is 1. The molecule has 1 aromatic carbocycles. The van der Waals surface area contributed by atoms with Crippen LogP contribution in [0.3, 0.4) is 0 Å². The van der Waals surface area contributed by atoms with E-state index in [1.165, 1.54) is 28.6 Å². The monoisotopic (exact) mass is 395 g/mol. The average molecular weight is 395 g/mol. The molecule has 3 rings (SSSR count). The molecule has 2 aliphatic heterocycles. The molecule has 148 valence electrons. The van der Waals surface area contributed by atoms with Gasteiger partial charge in [-0.1, -0.05) is 12.1 Å². The molecule has 1 aromatic rings. The lowest BCUT2D eigenvalue weighted by atomic mass is 9.94. The molecular formula is C18H25N3O5S. The summed E-state index contributed by atoms with van der Waals surface area (Å²) in [6, 6.07) is 5.62. The summed E-state index contributed by atoms with van der Waals surface area (Å²) in [4.78, 5) is 24.9. The summed E-state index contributed by atoms with van der Waals surface area (Å²) in [7, 11) is -3.96. The smallest absolute Gasteiger partial charge is 0.289 e. The zero-order valence-electron chi connectivity index (χ0n) is 15.4. The highest BCUT2D eigenvalue weighted by atomic mass is 32.2. The van der Waals surface area contributed by atoms with Gasteiger partial charge in [-0.3, -0.25) is 14.9 Å². The fraction of sp³-hybridized carbons (Fsp3) is 0.611. The number of amides is 1. The normalized spacial score (nSPS) is 22.6. The Bertz CT molecular complexity index is 818. The summed E-state index contributed by atoms with van der Waals surface area (Å²) < 4.78 is 27.0. The second kappa shape index (κ2) is 7.93. The lowest BCUT2D eigenvalue weighted by molar-refractivity contribution is -0.387. The molecule has 0 aromatic heterocycles. The van der Waals surface area contributed by atoms with E-state index < -0.39 is 20.6 Å². The molecular weight excluding hydrogens is 370 g/mol. The Hall–Kier alpha value is -2.00. The van der Waals surface area contributed by atoms with Crippen LogP contribution >= 0.6 is 0 Å². The van der Waals surface area contributed by atoms with Crippen molar-refractivity contribution >= 4 is 21.6 Å². The zero-order valence-corrected chi connectivity index (χ0v) is 16.2. The first-order chi connectivity index (χ1) is 12.8. The number of piperidine rings is 2. The van der Waals surface area contributed by atoms with Crippen LogP contribution in [0.2, 0.25) is 0 Å². The number of hydrogen-bond donors (Lipinski definition) is 0. The summed E-state index contributed by atoms with van der Waals surface area (Å²) in [5, 5.41) is 11.2. The number of carbonyl (C=O) groups is 1. The van der Waals surface area contributed by atoms with Gasteiger partial charge in [0, 0.05) is 37.7 Å². The first-order valence-electron chi connectivity index (χ1n) is 9.36. The van der Waals surface area contributed by atoms with E-state index in [1.54, 1.807) is 0 Å². The van der Waals surface area contributed by atoms with E-state index in [0.717, 1.165) is 25.8 Å². The summed E-state index contributed by atoms with van der Waals surface area (Å²) in [6.45, 7) is 3.24. The minimum atomic E-state index is -3.96. The number of nitro benzene ring substituents is 1. The molecule has 2 fully saturated rings. The third-order valence-electron chi connectivity index (χ3n) is 5.57. The summed E-state index contributed by atoms with van der Waals surface area (Å²) in [5.74, 6) is -0.0623. The van der Waals surface area contributed by atoms with Crippen LogP contribution in [0.15, 0.2) is 29.2 Å². The minimum absolute atomic E-state index is 0.116. The van der Waals surface area contributed by atoms with Gasteiger partial charge in [-0.05, 0) is 45.1 Å². The van der Waals surface area contributed by atoms with E-state index in [9.17, 15) is 23.3 Å². The number of para-hydroxylation sites is 1. The Morgan fingerprint density at radius 3 is 2.41 bits per heavy atom. The largest absolute Gasteiger partial charge is 0.340 e. The number of rotatable bonds is 4. The first kappa shape index (κ1) is 19.8. The predicted octanol–water partition coefficient (Wildman–Crippen LogP) is 2.40. The van der Waals surface area contributed by atoms with Gasteiger partial charge in [0.05, 0.1) is 4.92 Å². The number of benzene rings is 1. The third kappa shape index (κ3) is 3.98. The van der Waals surface area contributed by atoms with Gasteiger partial charge < -0.3 is 4.90 Å². The van der Waals surface area contributed by atoms with Crippen molar-refractivity contribution in [2.24, 2.45) is 5.92 Å². The van der Waals surface area contributed by atoms with E-state index >= 15 is 0 Å². The molecule has 27 heavy (non-hydrogen) atoms. The van der Waals surface area contributed by atoms with Crippen molar-refractivity contribution in [1.82, 2.24) is 9.21 Å². The molecule has 1 amide bonds. The van der Waals surface area contributed by atoms with E-state index in [4.69, 9.17) is 0 Å². The van der Waals surface area contributed by atoms with Crippen molar-refractivity contribution in [2.45, 2.75) is 50.0 Å². The van der Waals surface area contributed by atoms with Gasteiger partial charge >= 0.3 is 0 Å². The molecule has 0 bridgehead atoms. The Morgan fingerprint density at radius 1 is 1.11 bits per heavy atom. The molecule has 0 radical (unpaired) electrons. The molecule has 9 heteroatoms. The van der Waals surface area contributed by atoms with Crippen LogP contribution in [0, 0.1) is 16.0 Å². The van der Waals surface area contributed by atoms with Gasteiger partial charge in [0.15, 0.2) is 4.90 Å². The van der Waals surface area contributed by atoms with Crippen molar-refractivity contribution < 1.29 is 18.1 Å². The molecule has 2 aliphatic rings. The first-order valence-corrected chi connectivity index (χ1v) is 10.8. The molecule has 0 aliphatic carbocycles. The molecule has 0 saturated carbocycles. The van der Waals surface area contributed by atoms with Crippen LogP contribution in [0.4, 0.5) is 5.69 Å². The highest BCUT2D eigenvalue weighted by Gasteiger charge is 2.37. The SMILES string of the molecule is C[C@H]1CCCCN1C(=O)C1CCN(S(=O)(=O)c2ccccc2[N+](=O)[O-])CC1. The van der Waals surface area contributed by atoms with E-state index in [0.29, 0.717) is 12.8 Å². The van der Waals surface area contributed by atoms with Crippen molar-refractivity contribution in [3.63, 3.8) is 0 Å². The quantitative estimate of drug-likeness (QED) is 0.575. The topological polar surface area (TPSA) is 101 Å². The maximum atomic E-state index is 12.9.